The molecule has 0 radical (unpaired) electrons. The van der Waals surface area contributed by atoms with Gasteiger partial charge in [0.05, 0.1) is 5.69 Å². The van der Waals surface area contributed by atoms with E-state index in [0.717, 1.165) is 16.0 Å². The molecule has 0 amide bonds. The maximum absolute atomic E-state index is 14.3. The van der Waals surface area contributed by atoms with Gasteiger partial charge in [-0.25, -0.2) is 13.3 Å². The van der Waals surface area contributed by atoms with Gasteiger partial charge >= 0.3 is 5.38 Å². The van der Waals surface area contributed by atoms with E-state index in [1.165, 1.54) is 13.1 Å². The Labute approximate surface area is 123 Å². The molecule has 1 aromatic rings. The Morgan fingerprint density at radius 3 is 2.25 bits per heavy atom. The molecular weight excluding hydrogens is 312 g/mol. The highest BCUT2D eigenvalue weighted by molar-refractivity contribution is 7.92. The SMILES string of the molecule is Cc1cc(S(=O)(=O)C(F)(F)N2CCCCC2)n(C)n1.Cl. The minimum Gasteiger partial charge on any atom is -0.257 e. The van der Waals surface area contributed by atoms with Crippen molar-refractivity contribution in [1.82, 2.24) is 14.7 Å². The topological polar surface area (TPSA) is 55.2 Å². The zero-order chi connectivity index (χ0) is 14.3. The zero-order valence-electron chi connectivity index (χ0n) is 11.3. The molecule has 0 saturated carbocycles. The number of aryl methyl sites for hydroxylation is 2. The Bertz CT molecular complexity index is 568. The third kappa shape index (κ3) is 2.82. The Kier molecular flexibility index (Phi) is 5.15. The fourth-order valence-electron chi connectivity index (χ4n) is 2.29. The number of aromatic nitrogens is 2. The molecule has 0 bridgehead atoms. The van der Waals surface area contributed by atoms with Crippen molar-refractivity contribution in [3.63, 3.8) is 0 Å². The highest BCUT2D eigenvalue weighted by Gasteiger charge is 2.52. The minimum absolute atomic E-state index is 0. The Morgan fingerprint density at radius 1 is 1.25 bits per heavy atom. The maximum Gasteiger partial charge on any atom is 0.412 e. The quantitative estimate of drug-likeness (QED) is 0.795. The fourth-order valence-corrected chi connectivity index (χ4v) is 3.78. The molecule has 0 unspecified atom stereocenters. The van der Waals surface area contributed by atoms with E-state index in [4.69, 9.17) is 0 Å². The Hall–Kier alpha value is -0.730. The van der Waals surface area contributed by atoms with Crippen LogP contribution in [0.4, 0.5) is 8.78 Å². The summed E-state index contributed by atoms with van der Waals surface area (Å²) in [5.74, 6) is 0. The van der Waals surface area contributed by atoms with Gasteiger partial charge in [0.2, 0.25) is 0 Å². The second kappa shape index (κ2) is 5.95. The third-order valence-electron chi connectivity index (χ3n) is 3.28. The first-order valence-electron chi connectivity index (χ1n) is 6.15. The van der Waals surface area contributed by atoms with Gasteiger partial charge in [0.25, 0.3) is 9.84 Å². The van der Waals surface area contributed by atoms with Gasteiger partial charge in [-0.15, -0.1) is 12.4 Å². The third-order valence-corrected chi connectivity index (χ3v) is 5.12. The van der Waals surface area contributed by atoms with Crippen molar-refractivity contribution >= 4 is 22.2 Å². The van der Waals surface area contributed by atoms with Gasteiger partial charge in [-0.2, -0.15) is 13.9 Å². The van der Waals surface area contributed by atoms with Gasteiger partial charge < -0.3 is 0 Å². The van der Waals surface area contributed by atoms with Gasteiger partial charge in [-0.05, 0) is 25.8 Å². The summed E-state index contributed by atoms with van der Waals surface area (Å²) < 4.78 is 53.8. The van der Waals surface area contributed by atoms with E-state index in [1.807, 2.05) is 0 Å². The average molecular weight is 330 g/mol. The molecule has 9 heteroatoms. The van der Waals surface area contributed by atoms with Crippen molar-refractivity contribution in [2.75, 3.05) is 13.1 Å². The molecule has 20 heavy (non-hydrogen) atoms. The van der Waals surface area contributed by atoms with Gasteiger partial charge in [-0.3, -0.25) is 4.68 Å². The average Bonchev–Trinajstić information content (AvgIpc) is 2.70. The number of hydrogen-bond acceptors (Lipinski definition) is 4. The lowest BCUT2D eigenvalue weighted by atomic mass is 10.1. The summed E-state index contributed by atoms with van der Waals surface area (Å²) in [6.07, 6.45) is 2.04. The lowest BCUT2D eigenvalue weighted by molar-refractivity contribution is -0.0799. The summed E-state index contributed by atoms with van der Waals surface area (Å²) in [5, 5.41) is -0.504. The van der Waals surface area contributed by atoms with Crippen LogP contribution in [0.15, 0.2) is 11.1 Å². The fraction of sp³-hybridized carbons (Fsp3) is 0.727. The summed E-state index contributed by atoms with van der Waals surface area (Å²) in [6, 6.07) is 1.17. The Balaban J connectivity index is 0.00000200. The van der Waals surface area contributed by atoms with Crippen LogP contribution in [0.25, 0.3) is 0 Å². The molecule has 1 aromatic heterocycles. The predicted molar refractivity (Wildman–Crippen MR) is 72.7 cm³/mol. The number of rotatable bonds is 3. The van der Waals surface area contributed by atoms with Crippen LogP contribution in [-0.2, 0) is 16.9 Å². The summed E-state index contributed by atoms with van der Waals surface area (Å²) in [6.45, 7) is 1.77. The zero-order valence-corrected chi connectivity index (χ0v) is 13.0. The molecule has 0 aromatic carbocycles. The van der Waals surface area contributed by atoms with Crippen LogP contribution in [0.5, 0.6) is 0 Å². The minimum atomic E-state index is -4.75. The smallest absolute Gasteiger partial charge is 0.257 e. The van der Waals surface area contributed by atoms with Gasteiger partial charge in [0.15, 0.2) is 5.03 Å². The normalized spacial score (nSPS) is 17.8. The van der Waals surface area contributed by atoms with E-state index in [1.54, 1.807) is 6.92 Å². The molecule has 2 rings (SSSR count). The summed E-state index contributed by atoms with van der Waals surface area (Å²) in [7, 11) is -3.40. The molecule has 1 aliphatic rings. The molecule has 0 aliphatic carbocycles. The largest absolute Gasteiger partial charge is 0.412 e. The van der Waals surface area contributed by atoms with Crippen LogP contribution in [0.2, 0.25) is 0 Å². The number of piperidine rings is 1. The number of sulfone groups is 1. The van der Waals surface area contributed by atoms with E-state index in [-0.39, 0.29) is 25.5 Å². The van der Waals surface area contributed by atoms with Crippen molar-refractivity contribution in [2.45, 2.75) is 36.6 Å². The summed E-state index contributed by atoms with van der Waals surface area (Å²) >= 11 is 0. The number of alkyl halides is 2. The lowest BCUT2D eigenvalue weighted by Crippen LogP contribution is -2.50. The summed E-state index contributed by atoms with van der Waals surface area (Å²) in [5.41, 5.74) is 0.399. The van der Waals surface area contributed by atoms with Crippen molar-refractivity contribution in [1.29, 1.82) is 0 Å². The Morgan fingerprint density at radius 2 is 1.80 bits per heavy atom. The van der Waals surface area contributed by atoms with E-state index >= 15 is 0 Å². The first-order chi connectivity index (χ1) is 8.76. The molecule has 2 heterocycles. The molecule has 1 fully saturated rings. The molecule has 5 nitrogen and oxygen atoms in total. The van der Waals surface area contributed by atoms with Gasteiger partial charge in [-0.1, -0.05) is 6.42 Å². The van der Waals surface area contributed by atoms with Crippen LogP contribution in [0.1, 0.15) is 25.0 Å². The van der Waals surface area contributed by atoms with Crippen molar-refractivity contribution in [3.8, 4) is 0 Å². The number of likely N-dealkylation sites (tertiary alicyclic amines) is 1. The highest BCUT2D eigenvalue weighted by Crippen LogP contribution is 2.34. The molecule has 116 valence electrons. The second-order valence-electron chi connectivity index (χ2n) is 4.78. The maximum atomic E-state index is 14.3. The second-order valence-corrected chi connectivity index (χ2v) is 6.70. The standard InChI is InChI=1S/C11H17F2N3O2S.ClH/c1-9-8-10(15(2)14-9)19(17,18)11(12,13)16-6-4-3-5-7-16;/h8H,3-7H2,1-2H3;1H. The molecular formula is C11H18ClF2N3O2S. The predicted octanol–water partition coefficient (Wildman–Crippen LogP) is 1.96. The van der Waals surface area contributed by atoms with Crippen LogP contribution in [-0.4, -0.2) is 41.6 Å². The van der Waals surface area contributed by atoms with Crippen LogP contribution in [0, 0.1) is 6.92 Å². The van der Waals surface area contributed by atoms with Crippen molar-refractivity contribution in [2.24, 2.45) is 7.05 Å². The molecule has 0 N–H and O–H groups in total. The first-order valence-corrected chi connectivity index (χ1v) is 7.63. The van der Waals surface area contributed by atoms with Crippen molar-refractivity contribution < 1.29 is 17.2 Å². The number of hydrogen-bond donors (Lipinski definition) is 0. The monoisotopic (exact) mass is 329 g/mol. The van der Waals surface area contributed by atoms with Crippen LogP contribution in [0.3, 0.4) is 0 Å². The molecule has 0 spiro atoms. The summed E-state index contributed by atoms with van der Waals surface area (Å²) in [4.78, 5) is 0.744. The van der Waals surface area contributed by atoms with Crippen LogP contribution < -0.4 is 0 Å². The molecule has 1 saturated heterocycles. The van der Waals surface area contributed by atoms with Gasteiger partial charge in [0, 0.05) is 20.1 Å². The van der Waals surface area contributed by atoms with Gasteiger partial charge in [0.1, 0.15) is 0 Å². The number of halogens is 3. The van der Waals surface area contributed by atoms with E-state index < -0.39 is 20.2 Å². The lowest BCUT2D eigenvalue weighted by Gasteiger charge is -2.32. The molecule has 1 aliphatic heterocycles. The van der Waals surface area contributed by atoms with E-state index in [2.05, 4.69) is 5.10 Å². The molecule has 0 atom stereocenters. The van der Waals surface area contributed by atoms with E-state index in [9.17, 15) is 17.2 Å². The first kappa shape index (κ1) is 17.3. The van der Waals surface area contributed by atoms with E-state index in [0.29, 0.717) is 18.5 Å². The van der Waals surface area contributed by atoms with Crippen LogP contribution >= 0.6 is 12.4 Å². The highest BCUT2D eigenvalue weighted by atomic mass is 35.5. The number of nitrogens with zero attached hydrogens (tertiary/aromatic N) is 3. The van der Waals surface area contributed by atoms with Crippen molar-refractivity contribution in [3.05, 3.63) is 11.8 Å².